The van der Waals surface area contributed by atoms with Crippen molar-refractivity contribution in [3.8, 4) is 10.6 Å². The van der Waals surface area contributed by atoms with Gasteiger partial charge in [-0.25, -0.2) is 4.98 Å². The molecule has 1 N–H and O–H groups in total. The van der Waals surface area contributed by atoms with Crippen molar-refractivity contribution in [2.75, 3.05) is 20.1 Å². The highest BCUT2D eigenvalue weighted by molar-refractivity contribution is 7.13. The van der Waals surface area contributed by atoms with Gasteiger partial charge in [0.15, 0.2) is 0 Å². The highest BCUT2D eigenvalue weighted by atomic mass is 32.1. The summed E-state index contributed by atoms with van der Waals surface area (Å²) in [6, 6.07) is 8.65. The topological polar surface area (TPSA) is 45.2 Å². The van der Waals surface area contributed by atoms with Gasteiger partial charge in [-0.2, -0.15) is 0 Å². The van der Waals surface area contributed by atoms with Gasteiger partial charge in [0.2, 0.25) is 5.91 Å². The molecule has 0 spiro atoms. The molecule has 1 aromatic carbocycles. The Bertz CT molecular complexity index is 644. The number of thiazole rings is 1. The van der Waals surface area contributed by atoms with E-state index in [4.69, 9.17) is 0 Å². The number of amides is 1. The van der Waals surface area contributed by atoms with E-state index in [9.17, 15) is 4.79 Å². The average molecular weight is 315 g/mol. The molecular formula is C17H21N3OS. The van der Waals surface area contributed by atoms with Gasteiger partial charge in [0, 0.05) is 30.6 Å². The van der Waals surface area contributed by atoms with Gasteiger partial charge in [0.1, 0.15) is 5.01 Å². The molecule has 0 saturated carbocycles. The maximum Gasteiger partial charge on any atom is 0.228 e. The molecule has 1 unspecified atom stereocenters. The standard InChI is InChI=1S/C17H21N3OS/c1-12-3-5-13(6-4-12)17-19-14(11-22-17)9-16(21)20(2)15-7-8-18-10-15/h3-6,11,15,18H,7-10H2,1-2H3. The first-order valence-corrected chi connectivity index (χ1v) is 8.49. The normalized spacial score (nSPS) is 17.6. The second-order valence-corrected chi connectivity index (χ2v) is 6.70. The summed E-state index contributed by atoms with van der Waals surface area (Å²) < 4.78 is 0. The fourth-order valence-corrected chi connectivity index (χ4v) is 3.50. The molecule has 2 aromatic rings. The fraction of sp³-hybridized carbons (Fsp3) is 0.412. The molecule has 0 aliphatic carbocycles. The molecule has 2 heterocycles. The van der Waals surface area contributed by atoms with E-state index >= 15 is 0 Å². The SMILES string of the molecule is Cc1ccc(-c2nc(CC(=O)N(C)C3CCNC3)cs2)cc1. The van der Waals surface area contributed by atoms with Gasteiger partial charge in [-0.1, -0.05) is 29.8 Å². The van der Waals surface area contributed by atoms with Crippen LogP contribution in [0.2, 0.25) is 0 Å². The first-order valence-electron chi connectivity index (χ1n) is 7.61. The Morgan fingerprint density at radius 3 is 2.86 bits per heavy atom. The number of nitrogens with one attached hydrogen (secondary N) is 1. The van der Waals surface area contributed by atoms with Crippen LogP contribution in [0, 0.1) is 6.92 Å². The van der Waals surface area contributed by atoms with Gasteiger partial charge >= 0.3 is 0 Å². The Kier molecular flexibility index (Phi) is 4.55. The van der Waals surface area contributed by atoms with Crippen molar-refractivity contribution in [2.45, 2.75) is 25.8 Å². The fourth-order valence-electron chi connectivity index (χ4n) is 2.67. The summed E-state index contributed by atoms with van der Waals surface area (Å²) in [6.45, 7) is 3.97. The minimum atomic E-state index is 0.148. The third-order valence-electron chi connectivity index (χ3n) is 4.16. The minimum absolute atomic E-state index is 0.148. The molecule has 1 aliphatic rings. The van der Waals surface area contributed by atoms with E-state index in [0.29, 0.717) is 12.5 Å². The lowest BCUT2D eigenvalue weighted by atomic mass is 10.1. The summed E-state index contributed by atoms with van der Waals surface area (Å²) in [5.41, 5.74) is 3.22. The van der Waals surface area contributed by atoms with Crippen LogP contribution in [0.5, 0.6) is 0 Å². The number of benzene rings is 1. The summed E-state index contributed by atoms with van der Waals surface area (Å²) in [4.78, 5) is 18.8. The van der Waals surface area contributed by atoms with E-state index in [2.05, 4.69) is 41.5 Å². The van der Waals surface area contributed by atoms with Crippen LogP contribution in [0.1, 0.15) is 17.7 Å². The summed E-state index contributed by atoms with van der Waals surface area (Å²) in [5.74, 6) is 0.148. The van der Waals surface area contributed by atoms with E-state index in [0.717, 1.165) is 35.8 Å². The maximum atomic E-state index is 12.4. The summed E-state index contributed by atoms with van der Waals surface area (Å²) in [6.07, 6.45) is 1.42. The first kappa shape index (κ1) is 15.2. The number of hydrogen-bond acceptors (Lipinski definition) is 4. The number of aryl methyl sites for hydroxylation is 1. The number of hydrogen-bond donors (Lipinski definition) is 1. The van der Waals surface area contributed by atoms with Crippen molar-refractivity contribution in [2.24, 2.45) is 0 Å². The number of likely N-dealkylation sites (N-methyl/N-ethyl adjacent to an activating group) is 1. The highest BCUT2D eigenvalue weighted by Crippen LogP contribution is 2.24. The van der Waals surface area contributed by atoms with Crippen LogP contribution in [-0.4, -0.2) is 42.0 Å². The Labute approximate surface area is 135 Å². The van der Waals surface area contributed by atoms with Crippen LogP contribution in [-0.2, 0) is 11.2 Å². The van der Waals surface area contributed by atoms with Crippen molar-refractivity contribution in [3.05, 3.63) is 40.9 Å². The molecule has 1 aromatic heterocycles. The van der Waals surface area contributed by atoms with E-state index in [1.165, 1.54) is 5.56 Å². The van der Waals surface area contributed by atoms with Gasteiger partial charge < -0.3 is 10.2 Å². The number of carbonyl (C=O) groups excluding carboxylic acids is 1. The smallest absolute Gasteiger partial charge is 0.228 e. The number of nitrogens with zero attached hydrogens (tertiary/aromatic N) is 2. The molecule has 1 amide bonds. The quantitative estimate of drug-likeness (QED) is 0.943. The van der Waals surface area contributed by atoms with Crippen LogP contribution in [0.15, 0.2) is 29.6 Å². The highest BCUT2D eigenvalue weighted by Gasteiger charge is 2.23. The third-order valence-corrected chi connectivity index (χ3v) is 5.10. The molecule has 5 heteroatoms. The van der Waals surface area contributed by atoms with Crippen molar-refractivity contribution < 1.29 is 4.79 Å². The molecule has 1 aliphatic heterocycles. The van der Waals surface area contributed by atoms with Crippen LogP contribution < -0.4 is 5.32 Å². The van der Waals surface area contributed by atoms with Crippen molar-refractivity contribution in [3.63, 3.8) is 0 Å². The van der Waals surface area contributed by atoms with Gasteiger partial charge in [-0.15, -0.1) is 11.3 Å². The summed E-state index contributed by atoms with van der Waals surface area (Å²) in [7, 11) is 1.90. The van der Waals surface area contributed by atoms with Crippen LogP contribution in [0.25, 0.3) is 10.6 Å². The minimum Gasteiger partial charge on any atom is -0.341 e. The zero-order chi connectivity index (χ0) is 15.5. The molecule has 0 radical (unpaired) electrons. The second kappa shape index (κ2) is 6.58. The molecule has 1 atom stereocenters. The van der Waals surface area contributed by atoms with Crippen molar-refractivity contribution in [1.82, 2.24) is 15.2 Å². The van der Waals surface area contributed by atoms with Gasteiger partial charge in [0.05, 0.1) is 12.1 Å². The number of aromatic nitrogens is 1. The first-order chi connectivity index (χ1) is 10.6. The average Bonchev–Trinajstić information content (AvgIpc) is 3.18. The molecule has 0 bridgehead atoms. The Balaban J connectivity index is 1.66. The van der Waals surface area contributed by atoms with Gasteiger partial charge in [-0.05, 0) is 19.9 Å². The van der Waals surface area contributed by atoms with Gasteiger partial charge in [0.25, 0.3) is 0 Å². The van der Waals surface area contributed by atoms with E-state index < -0.39 is 0 Å². The maximum absolute atomic E-state index is 12.4. The molecule has 3 rings (SSSR count). The van der Waals surface area contributed by atoms with Gasteiger partial charge in [-0.3, -0.25) is 4.79 Å². The lowest BCUT2D eigenvalue weighted by molar-refractivity contribution is -0.130. The van der Waals surface area contributed by atoms with Crippen LogP contribution in [0.4, 0.5) is 0 Å². The monoisotopic (exact) mass is 315 g/mol. The largest absolute Gasteiger partial charge is 0.341 e. The van der Waals surface area contributed by atoms with E-state index in [1.54, 1.807) is 11.3 Å². The van der Waals surface area contributed by atoms with Crippen LogP contribution >= 0.6 is 11.3 Å². The number of carbonyl (C=O) groups is 1. The predicted octanol–water partition coefficient (Wildman–Crippen LogP) is 2.48. The lowest BCUT2D eigenvalue weighted by Gasteiger charge is -2.23. The van der Waals surface area contributed by atoms with E-state index in [1.807, 2.05) is 17.3 Å². The Morgan fingerprint density at radius 1 is 1.41 bits per heavy atom. The summed E-state index contributed by atoms with van der Waals surface area (Å²) in [5, 5.41) is 6.27. The van der Waals surface area contributed by atoms with Crippen molar-refractivity contribution >= 4 is 17.2 Å². The molecular weight excluding hydrogens is 294 g/mol. The lowest BCUT2D eigenvalue weighted by Crippen LogP contribution is -2.39. The Morgan fingerprint density at radius 2 is 2.18 bits per heavy atom. The summed E-state index contributed by atoms with van der Waals surface area (Å²) >= 11 is 1.60. The zero-order valence-corrected chi connectivity index (χ0v) is 13.8. The van der Waals surface area contributed by atoms with Crippen LogP contribution in [0.3, 0.4) is 0 Å². The Hall–Kier alpha value is -1.72. The molecule has 116 valence electrons. The predicted molar refractivity (Wildman–Crippen MR) is 90.0 cm³/mol. The third kappa shape index (κ3) is 3.36. The molecule has 4 nitrogen and oxygen atoms in total. The molecule has 22 heavy (non-hydrogen) atoms. The van der Waals surface area contributed by atoms with E-state index in [-0.39, 0.29) is 5.91 Å². The van der Waals surface area contributed by atoms with Crippen molar-refractivity contribution in [1.29, 1.82) is 0 Å². The molecule has 1 saturated heterocycles. The zero-order valence-electron chi connectivity index (χ0n) is 13.0. The molecule has 1 fully saturated rings. The number of rotatable bonds is 4. The second-order valence-electron chi connectivity index (χ2n) is 5.84.